The predicted molar refractivity (Wildman–Crippen MR) is 100 cm³/mol. The molecule has 0 aliphatic heterocycles. The zero-order valence-corrected chi connectivity index (χ0v) is 14.5. The van der Waals surface area contributed by atoms with E-state index in [9.17, 15) is 4.79 Å². The minimum absolute atomic E-state index is 0.0910. The van der Waals surface area contributed by atoms with Crippen molar-refractivity contribution in [1.29, 1.82) is 0 Å². The summed E-state index contributed by atoms with van der Waals surface area (Å²) in [6, 6.07) is 17.8. The molecule has 0 aliphatic rings. The Morgan fingerprint density at radius 1 is 1.08 bits per heavy atom. The highest BCUT2D eigenvalue weighted by molar-refractivity contribution is 7.18. The van der Waals surface area contributed by atoms with Crippen LogP contribution < -0.4 is 10.6 Å². The molecular weight excluding hydrogens is 318 g/mol. The first-order chi connectivity index (χ1) is 11.7. The second-order valence-corrected chi connectivity index (χ2v) is 6.36. The lowest BCUT2D eigenvalue weighted by Gasteiger charge is -2.05. The summed E-state index contributed by atoms with van der Waals surface area (Å²) in [6.45, 7) is 4.54. The molecule has 3 rings (SSSR count). The van der Waals surface area contributed by atoms with Crippen LogP contribution in [0.15, 0.2) is 54.6 Å². The van der Waals surface area contributed by atoms with Crippen LogP contribution in [-0.2, 0) is 0 Å². The summed E-state index contributed by atoms with van der Waals surface area (Å²) in [5, 5.41) is 6.90. The fourth-order valence-electron chi connectivity index (χ4n) is 2.39. The van der Waals surface area contributed by atoms with E-state index in [1.807, 2.05) is 68.4 Å². The van der Waals surface area contributed by atoms with Crippen LogP contribution >= 0.6 is 11.3 Å². The molecule has 1 amide bonds. The first-order valence-corrected chi connectivity index (χ1v) is 8.67. The van der Waals surface area contributed by atoms with Gasteiger partial charge in [0, 0.05) is 17.8 Å². The number of amides is 1. The quantitative estimate of drug-likeness (QED) is 0.715. The van der Waals surface area contributed by atoms with Gasteiger partial charge in [-0.2, -0.15) is 0 Å². The molecule has 2 aromatic carbocycles. The number of aryl methyl sites for hydroxylation is 1. The zero-order chi connectivity index (χ0) is 16.9. The molecule has 0 saturated carbocycles. The van der Waals surface area contributed by atoms with Crippen LogP contribution in [0.5, 0.6) is 0 Å². The van der Waals surface area contributed by atoms with Gasteiger partial charge in [0.2, 0.25) is 0 Å². The van der Waals surface area contributed by atoms with Gasteiger partial charge in [0.1, 0.15) is 4.88 Å². The summed E-state index contributed by atoms with van der Waals surface area (Å²) in [5.41, 5.74) is 3.78. The molecule has 0 saturated heterocycles. The number of thiazole rings is 1. The number of carbonyl (C=O) groups is 1. The minimum Gasteiger partial charge on any atom is -0.352 e. The second kappa shape index (κ2) is 7.27. The zero-order valence-electron chi connectivity index (χ0n) is 13.7. The highest BCUT2D eigenvalue weighted by Crippen LogP contribution is 2.33. The molecule has 0 radical (unpaired) electrons. The monoisotopic (exact) mass is 337 g/mol. The van der Waals surface area contributed by atoms with E-state index in [1.54, 1.807) is 0 Å². The summed E-state index contributed by atoms with van der Waals surface area (Å²) >= 11 is 1.37. The SMILES string of the molecule is CCNC(=O)c1sc(Nc2ccccc2C)nc1-c1ccccc1. The van der Waals surface area contributed by atoms with Crippen molar-refractivity contribution in [3.8, 4) is 11.3 Å². The molecule has 4 nitrogen and oxygen atoms in total. The average Bonchev–Trinajstić information content (AvgIpc) is 3.02. The molecule has 2 N–H and O–H groups in total. The largest absolute Gasteiger partial charge is 0.352 e. The van der Waals surface area contributed by atoms with Gasteiger partial charge in [-0.1, -0.05) is 59.9 Å². The number of rotatable bonds is 5. The lowest BCUT2D eigenvalue weighted by Crippen LogP contribution is -2.22. The number of carbonyl (C=O) groups excluding carboxylic acids is 1. The lowest BCUT2D eigenvalue weighted by atomic mass is 10.1. The van der Waals surface area contributed by atoms with Crippen molar-refractivity contribution < 1.29 is 4.79 Å². The van der Waals surface area contributed by atoms with E-state index in [4.69, 9.17) is 0 Å². The second-order valence-electron chi connectivity index (χ2n) is 5.36. The maximum Gasteiger partial charge on any atom is 0.263 e. The molecule has 0 fully saturated rings. The van der Waals surface area contributed by atoms with Gasteiger partial charge in [-0.25, -0.2) is 4.98 Å². The van der Waals surface area contributed by atoms with Gasteiger partial charge in [0.25, 0.3) is 5.91 Å². The topological polar surface area (TPSA) is 54.0 Å². The minimum atomic E-state index is -0.0910. The summed E-state index contributed by atoms with van der Waals surface area (Å²) < 4.78 is 0. The number of nitrogens with zero attached hydrogens (tertiary/aromatic N) is 1. The molecule has 1 heterocycles. The third kappa shape index (κ3) is 3.46. The molecule has 122 valence electrons. The summed E-state index contributed by atoms with van der Waals surface area (Å²) in [4.78, 5) is 17.7. The highest BCUT2D eigenvalue weighted by atomic mass is 32.1. The Balaban J connectivity index is 2.00. The highest BCUT2D eigenvalue weighted by Gasteiger charge is 2.19. The molecule has 5 heteroatoms. The van der Waals surface area contributed by atoms with Crippen molar-refractivity contribution in [3.05, 3.63) is 65.0 Å². The van der Waals surface area contributed by atoms with Gasteiger partial charge >= 0.3 is 0 Å². The smallest absolute Gasteiger partial charge is 0.263 e. The van der Waals surface area contributed by atoms with E-state index in [-0.39, 0.29) is 5.91 Å². The van der Waals surface area contributed by atoms with Gasteiger partial charge in [0.05, 0.1) is 5.69 Å². The van der Waals surface area contributed by atoms with E-state index >= 15 is 0 Å². The standard InChI is InChI=1S/C19H19N3OS/c1-3-20-18(23)17-16(14-10-5-4-6-11-14)22-19(24-17)21-15-12-8-7-9-13(15)2/h4-12H,3H2,1-2H3,(H,20,23)(H,21,22). The Kier molecular flexibility index (Phi) is 4.91. The molecular formula is C19H19N3OS. The number of benzene rings is 2. The first kappa shape index (κ1) is 16.2. The summed E-state index contributed by atoms with van der Waals surface area (Å²) in [7, 11) is 0. The van der Waals surface area contributed by atoms with Crippen LogP contribution in [0.25, 0.3) is 11.3 Å². The maximum absolute atomic E-state index is 12.4. The van der Waals surface area contributed by atoms with Gasteiger partial charge < -0.3 is 10.6 Å². The van der Waals surface area contributed by atoms with E-state index in [0.717, 1.165) is 16.8 Å². The number of hydrogen-bond acceptors (Lipinski definition) is 4. The van der Waals surface area contributed by atoms with E-state index in [2.05, 4.69) is 15.6 Å². The van der Waals surface area contributed by atoms with E-state index in [0.29, 0.717) is 22.2 Å². The first-order valence-electron chi connectivity index (χ1n) is 7.86. The van der Waals surface area contributed by atoms with Crippen molar-refractivity contribution in [2.75, 3.05) is 11.9 Å². The van der Waals surface area contributed by atoms with Crippen molar-refractivity contribution in [2.45, 2.75) is 13.8 Å². The van der Waals surface area contributed by atoms with E-state index in [1.165, 1.54) is 11.3 Å². The van der Waals surface area contributed by atoms with Crippen molar-refractivity contribution in [1.82, 2.24) is 10.3 Å². The van der Waals surface area contributed by atoms with Gasteiger partial charge in [-0.05, 0) is 25.5 Å². The molecule has 0 unspecified atom stereocenters. The molecule has 3 aromatic rings. The number of anilines is 2. The maximum atomic E-state index is 12.4. The molecule has 24 heavy (non-hydrogen) atoms. The van der Waals surface area contributed by atoms with Crippen molar-refractivity contribution in [2.24, 2.45) is 0 Å². The van der Waals surface area contributed by atoms with Gasteiger partial charge in [0.15, 0.2) is 5.13 Å². The number of aromatic nitrogens is 1. The van der Waals surface area contributed by atoms with Crippen molar-refractivity contribution in [3.63, 3.8) is 0 Å². The number of hydrogen-bond donors (Lipinski definition) is 2. The Morgan fingerprint density at radius 3 is 2.50 bits per heavy atom. The molecule has 1 aromatic heterocycles. The average molecular weight is 337 g/mol. The van der Waals surface area contributed by atoms with Gasteiger partial charge in [-0.15, -0.1) is 0 Å². The Morgan fingerprint density at radius 2 is 1.79 bits per heavy atom. The third-order valence-corrected chi connectivity index (χ3v) is 4.57. The van der Waals surface area contributed by atoms with Gasteiger partial charge in [-0.3, -0.25) is 4.79 Å². The predicted octanol–water partition coefficient (Wildman–Crippen LogP) is 4.61. The molecule has 0 aliphatic carbocycles. The molecule has 0 atom stereocenters. The molecule has 0 bridgehead atoms. The normalized spacial score (nSPS) is 10.4. The number of nitrogens with one attached hydrogen (secondary N) is 2. The Bertz CT molecular complexity index is 843. The summed E-state index contributed by atoms with van der Waals surface area (Å²) in [5.74, 6) is -0.0910. The van der Waals surface area contributed by atoms with Crippen LogP contribution in [0, 0.1) is 6.92 Å². The third-order valence-electron chi connectivity index (χ3n) is 3.60. The fourth-order valence-corrected chi connectivity index (χ4v) is 3.30. The van der Waals surface area contributed by atoms with Crippen LogP contribution in [0.4, 0.5) is 10.8 Å². The fraction of sp³-hybridized carbons (Fsp3) is 0.158. The van der Waals surface area contributed by atoms with Crippen molar-refractivity contribution >= 4 is 28.1 Å². The number of para-hydroxylation sites is 1. The Labute approximate surface area is 145 Å². The lowest BCUT2D eigenvalue weighted by molar-refractivity contribution is 0.0960. The van der Waals surface area contributed by atoms with Crippen LogP contribution in [0.3, 0.4) is 0 Å². The van der Waals surface area contributed by atoms with Crippen LogP contribution in [0.1, 0.15) is 22.2 Å². The van der Waals surface area contributed by atoms with E-state index < -0.39 is 0 Å². The summed E-state index contributed by atoms with van der Waals surface area (Å²) in [6.07, 6.45) is 0. The molecule has 0 spiro atoms. The Hall–Kier alpha value is -2.66. The van der Waals surface area contributed by atoms with Crippen LogP contribution in [0.2, 0.25) is 0 Å². The van der Waals surface area contributed by atoms with Crippen LogP contribution in [-0.4, -0.2) is 17.4 Å².